The Morgan fingerprint density at radius 3 is 2.32 bits per heavy atom. The summed E-state index contributed by atoms with van der Waals surface area (Å²) in [7, 11) is 0. The van der Waals surface area contributed by atoms with Gasteiger partial charge in [-0.1, -0.05) is 18.2 Å². The van der Waals surface area contributed by atoms with Crippen molar-refractivity contribution in [2.45, 2.75) is 33.2 Å². The van der Waals surface area contributed by atoms with Crippen LogP contribution in [-0.4, -0.2) is 23.0 Å². The summed E-state index contributed by atoms with van der Waals surface area (Å²) in [6, 6.07) is 13.3. The zero-order valence-electron chi connectivity index (χ0n) is 13.6. The van der Waals surface area contributed by atoms with E-state index in [1.807, 2.05) is 43.3 Å². The molecule has 1 aromatic heterocycles. The normalized spacial score (nSPS) is 11.1. The fraction of sp³-hybridized carbons (Fsp3) is 0.333. The first-order valence-electron chi connectivity index (χ1n) is 7.52. The Morgan fingerprint density at radius 2 is 1.82 bits per heavy atom. The molecule has 2 aromatic rings. The lowest BCUT2D eigenvalue weighted by Crippen LogP contribution is -2.31. The molecule has 0 fully saturated rings. The van der Waals surface area contributed by atoms with Crippen molar-refractivity contribution >= 4 is 17.3 Å². The predicted octanol–water partition coefficient (Wildman–Crippen LogP) is 3.96. The second-order valence-electron chi connectivity index (χ2n) is 6.19. The van der Waals surface area contributed by atoms with Crippen LogP contribution in [0.15, 0.2) is 48.7 Å². The van der Waals surface area contributed by atoms with E-state index >= 15 is 0 Å². The maximum Gasteiger partial charge on any atom is 0.276 e. The Balaban J connectivity index is 2.18. The number of hydrogen-bond donors (Lipinski definition) is 1. The van der Waals surface area contributed by atoms with Crippen molar-refractivity contribution in [2.75, 3.05) is 16.8 Å². The highest BCUT2D eigenvalue weighted by Gasteiger charge is 2.17. The molecule has 0 bridgehead atoms. The van der Waals surface area contributed by atoms with Gasteiger partial charge in [0.2, 0.25) is 0 Å². The third-order valence-electron chi connectivity index (χ3n) is 3.13. The molecule has 0 saturated carbocycles. The average Bonchev–Trinajstić information content (AvgIpc) is 2.48. The quantitative estimate of drug-likeness (QED) is 0.929. The molecule has 0 aliphatic carbocycles. The van der Waals surface area contributed by atoms with Gasteiger partial charge in [-0.15, -0.1) is 0 Å². The van der Waals surface area contributed by atoms with Gasteiger partial charge in [-0.2, -0.15) is 0 Å². The summed E-state index contributed by atoms with van der Waals surface area (Å²) in [5.41, 5.74) is 2.21. The van der Waals surface area contributed by atoms with Crippen LogP contribution < -0.4 is 10.2 Å². The fourth-order valence-electron chi connectivity index (χ4n) is 2.22. The molecule has 22 heavy (non-hydrogen) atoms. The minimum atomic E-state index is -0.0870. The van der Waals surface area contributed by atoms with Crippen LogP contribution in [0.5, 0.6) is 0 Å². The van der Waals surface area contributed by atoms with Gasteiger partial charge in [-0.05, 0) is 52.0 Å². The Bertz CT molecular complexity index is 615. The molecule has 0 spiro atoms. The summed E-state index contributed by atoms with van der Waals surface area (Å²) >= 11 is 0. The van der Waals surface area contributed by atoms with E-state index in [1.54, 1.807) is 17.2 Å². The first-order chi connectivity index (χ1) is 10.4. The molecule has 0 radical (unpaired) electrons. The zero-order valence-corrected chi connectivity index (χ0v) is 13.6. The number of amides is 1. The average molecular weight is 297 g/mol. The molecule has 0 aliphatic rings. The molecule has 0 saturated heterocycles. The largest absolute Gasteiger partial charge is 0.379 e. The Morgan fingerprint density at radius 1 is 1.14 bits per heavy atom. The number of pyridine rings is 1. The van der Waals surface area contributed by atoms with Gasteiger partial charge in [0.1, 0.15) is 5.69 Å². The number of carbonyl (C=O) groups excluding carboxylic acids is 1. The fourth-order valence-corrected chi connectivity index (χ4v) is 2.22. The van der Waals surface area contributed by atoms with Crippen LogP contribution in [0.25, 0.3) is 0 Å². The second kappa shape index (κ2) is 6.60. The summed E-state index contributed by atoms with van der Waals surface area (Å²) in [5, 5.41) is 3.33. The number of anilines is 2. The summed E-state index contributed by atoms with van der Waals surface area (Å²) < 4.78 is 0. The van der Waals surface area contributed by atoms with Gasteiger partial charge in [-0.25, -0.2) is 4.98 Å². The van der Waals surface area contributed by atoms with Crippen LogP contribution in [0.1, 0.15) is 38.2 Å². The van der Waals surface area contributed by atoms with Crippen molar-refractivity contribution in [3.63, 3.8) is 0 Å². The van der Waals surface area contributed by atoms with E-state index < -0.39 is 0 Å². The second-order valence-corrected chi connectivity index (χ2v) is 6.19. The van der Waals surface area contributed by atoms with Crippen molar-refractivity contribution in [3.05, 3.63) is 54.4 Å². The maximum absolute atomic E-state index is 12.6. The molecule has 1 amide bonds. The molecule has 1 aromatic carbocycles. The summed E-state index contributed by atoms with van der Waals surface area (Å²) in [4.78, 5) is 18.6. The van der Waals surface area contributed by atoms with Crippen LogP contribution in [0, 0.1) is 0 Å². The molecule has 1 N–H and O–H groups in total. The lowest BCUT2D eigenvalue weighted by Gasteiger charge is -2.23. The number of rotatable bonds is 4. The first-order valence-corrected chi connectivity index (χ1v) is 7.52. The van der Waals surface area contributed by atoms with Crippen molar-refractivity contribution < 1.29 is 4.79 Å². The lowest BCUT2D eigenvalue weighted by atomic mass is 10.1. The molecular weight excluding hydrogens is 274 g/mol. The highest BCUT2D eigenvalue weighted by atomic mass is 16.2. The van der Waals surface area contributed by atoms with E-state index in [0.717, 1.165) is 11.4 Å². The number of nitrogens with zero attached hydrogens (tertiary/aromatic N) is 2. The summed E-state index contributed by atoms with van der Waals surface area (Å²) in [5.74, 6) is -0.0870. The highest BCUT2D eigenvalue weighted by molar-refractivity contribution is 6.04. The van der Waals surface area contributed by atoms with E-state index in [4.69, 9.17) is 0 Å². The van der Waals surface area contributed by atoms with Crippen LogP contribution in [0.4, 0.5) is 11.4 Å². The van der Waals surface area contributed by atoms with Gasteiger partial charge in [0, 0.05) is 17.8 Å². The minimum absolute atomic E-state index is 0.0350. The molecule has 2 rings (SSSR count). The number of carbonyl (C=O) groups is 1. The number of para-hydroxylation sites is 1. The Labute approximate surface area is 132 Å². The van der Waals surface area contributed by atoms with E-state index in [9.17, 15) is 4.79 Å². The molecule has 0 unspecified atom stereocenters. The van der Waals surface area contributed by atoms with E-state index in [-0.39, 0.29) is 11.4 Å². The lowest BCUT2D eigenvalue weighted by molar-refractivity contribution is 0.0983. The Hall–Kier alpha value is -2.36. The first kappa shape index (κ1) is 16.0. The summed E-state index contributed by atoms with van der Waals surface area (Å²) in [6.45, 7) is 8.81. The number of nitrogens with one attached hydrogen (secondary N) is 1. The van der Waals surface area contributed by atoms with Gasteiger partial charge in [0.05, 0.1) is 11.9 Å². The van der Waals surface area contributed by atoms with Crippen LogP contribution in [-0.2, 0) is 0 Å². The molecule has 1 heterocycles. The number of aromatic nitrogens is 1. The maximum atomic E-state index is 12.6. The van der Waals surface area contributed by atoms with E-state index in [1.165, 1.54) is 0 Å². The molecule has 0 aliphatic heterocycles. The van der Waals surface area contributed by atoms with Crippen LogP contribution >= 0.6 is 0 Å². The molecule has 4 heteroatoms. The highest BCUT2D eigenvalue weighted by Crippen LogP contribution is 2.18. The summed E-state index contributed by atoms with van der Waals surface area (Å²) in [6.07, 6.45) is 1.71. The topological polar surface area (TPSA) is 45.2 Å². The zero-order chi connectivity index (χ0) is 16.2. The van der Waals surface area contributed by atoms with Crippen LogP contribution in [0.3, 0.4) is 0 Å². The molecule has 116 valence electrons. The van der Waals surface area contributed by atoms with Crippen molar-refractivity contribution in [1.29, 1.82) is 0 Å². The van der Waals surface area contributed by atoms with Crippen LogP contribution in [0.2, 0.25) is 0 Å². The van der Waals surface area contributed by atoms with Crippen molar-refractivity contribution in [2.24, 2.45) is 0 Å². The van der Waals surface area contributed by atoms with E-state index in [2.05, 4.69) is 31.1 Å². The van der Waals surface area contributed by atoms with Crippen molar-refractivity contribution in [1.82, 2.24) is 4.98 Å². The van der Waals surface area contributed by atoms with Gasteiger partial charge in [0.25, 0.3) is 5.91 Å². The minimum Gasteiger partial charge on any atom is -0.379 e. The molecular formula is C18H23N3O. The Kier molecular flexibility index (Phi) is 4.81. The number of benzene rings is 1. The molecule has 0 atom stereocenters. The number of hydrogen-bond acceptors (Lipinski definition) is 3. The van der Waals surface area contributed by atoms with E-state index in [0.29, 0.717) is 12.2 Å². The van der Waals surface area contributed by atoms with Gasteiger partial charge >= 0.3 is 0 Å². The standard InChI is InChI=1S/C18H23N3O/c1-5-21(15-9-7-6-8-10-15)17(22)16-12-11-14(13-19-16)20-18(2,3)4/h6-13,20H,5H2,1-4H3. The van der Waals surface area contributed by atoms with Crippen molar-refractivity contribution in [3.8, 4) is 0 Å². The van der Waals surface area contributed by atoms with Gasteiger partial charge in [-0.3, -0.25) is 4.79 Å². The predicted molar refractivity (Wildman–Crippen MR) is 91.4 cm³/mol. The molecule has 4 nitrogen and oxygen atoms in total. The van der Waals surface area contributed by atoms with Gasteiger partial charge < -0.3 is 10.2 Å². The monoisotopic (exact) mass is 297 g/mol. The smallest absolute Gasteiger partial charge is 0.276 e. The van der Waals surface area contributed by atoms with Gasteiger partial charge in [0.15, 0.2) is 0 Å². The SMILES string of the molecule is CCN(C(=O)c1ccc(NC(C)(C)C)cn1)c1ccccc1. The third-order valence-corrected chi connectivity index (χ3v) is 3.13. The third kappa shape index (κ3) is 4.07.